The van der Waals surface area contributed by atoms with Gasteiger partial charge in [-0.1, -0.05) is 6.92 Å². The second kappa shape index (κ2) is 6.14. The molecule has 0 fully saturated rings. The van der Waals surface area contributed by atoms with Gasteiger partial charge in [-0.2, -0.15) is 5.10 Å². The summed E-state index contributed by atoms with van der Waals surface area (Å²) in [5.41, 5.74) is 0.101. The average Bonchev–Trinajstić information content (AvgIpc) is 2.65. The monoisotopic (exact) mass is 272 g/mol. The molecule has 0 saturated heterocycles. The molecule has 0 spiro atoms. The van der Waals surface area contributed by atoms with Crippen molar-refractivity contribution < 1.29 is 19.6 Å². The second-order valence-corrected chi connectivity index (χ2v) is 3.87. The molecule has 0 aromatic carbocycles. The number of methoxy groups -OCH3 is 1. The minimum Gasteiger partial charge on any atom is -0.480 e. The lowest BCUT2D eigenvalue weighted by Gasteiger charge is -2.14. The summed E-state index contributed by atoms with van der Waals surface area (Å²) in [5, 5.41) is 26.7. The van der Waals surface area contributed by atoms with Gasteiger partial charge in [-0.3, -0.25) is 10.1 Å². The highest BCUT2D eigenvalue weighted by Gasteiger charge is 2.29. The smallest absolute Gasteiger partial charge is 0.334 e. The van der Waals surface area contributed by atoms with Gasteiger partial charge in [-0.15, -0.1) is 0 Å². The van der Waals surface area contributed by atoms with Crippen LogP contribution in [0.25, 0.3) is 0 Å². The molecule has 9 heteroatoms. The molecule has 19 heavy (non-hydrogen) atoms. The molecule has 0 aliphatic rings. The van der Waals surface area contributed by atoms with Gasteiger partial charge in [0.25, 0.3) is 0 Å². The number of ether oxygens (including phenoxy) is 1. The molecular formula is C10H16N4O5. The molecule has 1 unspecified atom stereocenters. The van der Waals surface area contributed by atoms with Crippen LogP contribution in [0.2, 0.25) is 0 Å². The number of nitro groups is 1. The first-order valence-electron chi connectivity index (χ1n) is 5.60. The van der Waals surface area contributed by atoms with Crippen molar-refractivity contribution in [3.63, 3.8) is 0 Å². The summed E-state index contributed by atoms with van der Waals surface area (Å²) >= 11 is 0. The highest BCUT2D eigenvalue weighted by atomic mass is 16.6. The van der Waals surface area contributed by atoms with Crippen LogP contribution in [0.4, 0.5) is 11.5 Å². The van der Waals surface area contributed by atoms with E-state index in [-0.39, 0.29) is 18.1 Å². The molecular weight excluding hydrogens is 256 g/mol. The van der Waals surface area contributed by atoms with Crippen LogP contribution in [-0.4, -0.2) is 45.5 Å². The number of carboxylic acids is 1. The Kier molecular flexibility index (Phi) is 4.81. The summed E-state index contributed by atoms with van der Waals surface area (Å²) in [6.45, 7) is 1.63. The van der Waals surface area contributed by atoms with E-state index >= 15 is 0 Å². The van der Waals surface area contributed by atoms with Crippen LogP contribution in [0.15, 0.2) is 0 Å². The fraction of sp³-hybridized carbons (Fsp3) is 0.600. The third-order valence-corrected chi connectivity index (χ3v) is 2.55. The highest BCUT2D eigenvalue weighted by Crippen LogP contribution is 2.28. The molecule has 1 aromatic heterocycles. The van der Waals surface area contributed by atoms with E-state index in [1.165, 1.54) is 18.8 Å². The van der Waals surface area contributed by atoms with E-state index < -0.39 is 16.9 Å². The van der Waals surface area contributed by atoms with E-state index in [9.17, 15) is 14.9 Å². The standard InChI is InChI=1S/C10H16N4O5/c1-4-6-8(14(17)18)9(13(2)12-6)11-7(5-19-3)10(15)16/h7,11H,4-5H2,1-3H3,(H,15,16). The predicted octanol–water partition coefficient (Wildman–Crippen LogP) is 0.402. The van der Waals surface area contributed by atoms with E-state index in [0.29, 0.717) is 12.1 Å². The number of anilines is 1. The van der Waals surface area contributed by atoms with Crippen molar-refractivity contribution in [2.45, 2.75) is 19.4 Å². The lowest BCUT2D eigenvalue weighted by atomic mass is 10.2. The zero-order chi connectivity index (χ0) is 14.6. The van der Waals surface area contributed by atoms with E-state index in [0.717, 1.165) is 0 Å². The normalized spacial score (nSPS) is 12.2. The average molecular weight is 272 g/mol. The predicted molar refractivity (Wildman–Crippen MR) is 66.2 cm³/mol. The lowest BCUT2D eigenvalue weighted by Crippen LogP contribution is -2.34. The Bertz CT molecular complexity index is 485. The number of hydrogen-bond donors (Lipinski definition) is 2. The first kappa shape index (κ1) is 14.9. The van der Waals surface area contributed by atoms with Crippen LogP contribution in [0.3, 0.4) is 0 Å². The molecule has 1 atom stereocenters. The highest BCUT2D eigenvalue weighted by molar-refractivity contribution is 5.78. The van der Waals surface area contributed by atoms with Crippen LogP contribution >= 0.6 is 0 Å². The van der Waals surface area contributed by atoms with Gasteiger partial charge in [0.15, 0.2) is 0 Å². The van der Waals surface area contributed by atoms with E-state index in [2.05, 4.69) is 10.4 Å². The van der Waals surface area contributed by atoms with Gasteiger partial charge >= 0.3 is 11.7 Å². The number of rotatable bonds is 7. The van der Waals surface area contributed by atoms with E-state index in [4.69, 9.17) is 9.84 Å². The van der Waals surface area contributed by atoms with Crippen LogP contribution < -0.4 is 5.32 Å². The maximum Gasteiger partial charge on any atom is 0.334 e. The second-order valence-electron chi connectivity index (χ2n) is 3.87. The lowest BCUT2D eigenvalue weighted by molar-refractivity contribution is -0.384. The minimum atomic E-state index is -1.16. The molecule has 0 aliphatic carbocycles. The van der Waals surface area contributed by atoms with Crippen LogP contribution in [0.1, 0.15) is 12.6 Å². The Hall–Kier alpha value is -2.16. The Morgan fingerprint density at radius 2 is 2.32 bits per heavy atom. The number of nitrogens with one attached hydrogen (secondary N) is 1. The van der Waals surface area contributed by atoms with Crippen molar-refractivity contribution in [3.8, 4) is 0 Å². The quantitative estimate of drug-likeness (QED) is 0.544. The van der Waals surface area contributed by atoms with Crippen molar-refractivity contribution >= 4 is 17.5 Å². The number of hydrogen-bond acceptors (Lipinski definition) is 6. The first-order valence-corrected chi connectivity index (χ1v) is 5.60. The van der Waals surface area contributed by atoms with Gasteiger partial charge in [0.05, 0.1) is 11.5 Å². The van der Waals surface area contributed by atoms with E-state index in [1.807, 2.05) is 0 Å². The molecule has 0 amide bonds. The Balaban J connectivity index is 3.15. The number of carboxylic acid groups (broad SMARTS) is 1. The Labute approximate surface area is 109 Å². The Morgan fingerprint density at radius 1 is 1.68 bits per heavy atom. The number of carbonyl (C=O) groups is 1. The molecule has 106 valence electrons. The third kappa shape index (κ3) is 3.19. The molecule has 1 rings (SSSR count). The van der Waals surface area contributed by atoms with Gasteiger partial charge in [0.1, 0.15) is 11.7 Å². The number of aromatic nitrogens is 2. The SMILES string of the molecule is CCc1nn(C)c(NC(COC)C(=O)O)c1[N+](=O)[O-]. The van der Waals surface area contributed by atoms with Crippen LogP contribution in [0, 0.1) is 10.1 Å². The first-order chi connectivity index (χ1) is 8.92. The fourth-order valence-corrected chi connectivity index (χ4v) is 1.67. The number of aliphatic carboxylic acids is 1. The molecule has 0 saturated carbocycles. The summed E-state index contributed by atoms with van der Waals surface area (Å²) < 4.78 is 6.03. The molecule has 0 aliphatic heterocycles. The summed E-state index contributed by atoms with van der Waals surface area (Å²) in [7, 11) is 2.87. The zero-order valence-electron chi connectivity index (χ0n) is 10.9. The summed E-state index contributed by atoms with van der Waals surface area (Å²) in [5.74, 6) is -1.10. The summed E-state index contributed by atoms with van der Waals surface area (Å²) in [6, 6.07) is -1.08. The number of aryl methyl sites for hydroxylation is 2. The van der Waals surface area contributed by atoms with Crippen molar-refractivity contribution in [2.75, 3.05) is 19.0 Å². The van der Waals surface area contributed by atoms with Gasteiger partial charge in [0.2, 0.25) is 5.82 Å². The van der Waals surface area contributed by atoms with Gasteiger partial charge < -0.3 is 15.2 Å². The fourth-order valence-electron chi connectivity index (χ4n) is 1.67. The topological polar surface area (TPSA) is 120 Å². The van der Waals surface area contributed by atoms with Crippen molar-refractivity contribution in [2.24, 2.45) is 7.05 Å². The number of nitrogens with zero attached hydrogens (tertiary/aromatic N) is 3. The molecule has 0 bridgehead atoms. The largest absolute Gasteiger partial charge is 0.480 e. The maximum atomic E-state index is 11.1. The Morgan fingerprint density at radius 3 is 2.74 bits per heavy atom. The van der Waals surface area contributed by atoms with Gasteiger partial charge in [0, 0.05) is 14.2 Å². The van der Waals surface area contributed by atoms with Gasteiger partial charge in [-0.05, 0) is 6.42 Å². The van der Waals surface area contributed by atoms with Crippen molar-refractivity contribution in [3.05, 3.63) is 15.8 Å². The van der Waals surface area contributed by atoms with Gasteiger partial charge in [-0.25, -0.2) is 9.48 Å². The molecule has 1 aromatic rings. The third-order valence-electron chi connectivity index (χ3n) is 2.55. The van der Waals surface area contributed by atoms with Crippen molar-refractivity contribution in [1.82, 2.24) is 9.78 Å². The zero-order valence-corrected chi connectivity index (χ0v) is 10.9. The maximum absolute atomic E-state index is 11.1. The molecule has 0 radical (unpaired) electrons. The molecule has 2 N–H and O–H groups in total. The molecule has 9 nitrogen and oxygen atoms in total. The van der Waals surface area contributed by atoms with Crippen molar-refractivity contribution in [1.29, 1.82) is 0 Å². The molecule has 1 heterocycles. The van der Waals surface area contributed by atoms with E-state index in [1.54, 1.807) is 6.92 Å². The van der Waals surface area contributed by atoms with Crippen LogP contribution in [0.5, 0.6) is 0 Å². The summed E-state index contributed by atoms with van der Waals surface area (Å²) in [6.07, 6.45) is 0.383. The van der Waals surface area contributed by atoms with Crippen LogP contribution in [-0.2, 0) is 23.0 Å². The minimum absolute atomic E-state index is 0.0614. The summed E-state index contributed by atoms with van der Waals surface area (Å²) in [4.78, 5) is 21.5.